The normalized spacial score (nSPS) is 14.9. The summed E-state index contributed by atoms with van der Waals surface area (Å²) in [6.07, 6.45) is 8.43. The van der Waals surface area contributed by atoms with Gasteiger partial charge in [-0.3, -0.25) is 9.36 Å². The lowest BCUT2D eigenvalue weighted by atomic mass is 9.96. The number of benzene rings is 1. The SMILES string of the molecule is Cc1nc2cc(NC(=O)C3CCN(c4cc(-n5ccnc5)ncn4)CC3)ccc2s1. The Hall–Kier alpha value is -3.33. The second-order valence-corrected chi connectivity index (χ2v) is 8.61. The van der Waals surface area contributed by atoms with Crippen molar-refractivity contribution in [3.8, 4) is 5.82 Å². The summed E-state index contributed by atoms with van der Waals surface area (Å²) in [6.45, 7) is 3.55. The first kappa shape index (κ1) is 18.7. The number of piperidine rings is 1. The predicted octanol–water partition coefficient (Wildman–Crippen LogP) is 3.44. The summed E-state index contributed by atoms with van der Waals surface area (Å²) < 4.78 is 2.99. The van der Waals surface area contributed by atoms with Crippen LogP contribution in [0.4, 0.5) is 11.5 Å². The van der Waals surface area contributed by atoms with Crippen LogP contribution in [0, 0.1) is 12.8 Å². The quantitative estimate of drug-likeness (QED) is 0.545. The molecule has 0 unspecified atom stereocenters. The van der Waals surface area contributed by atoms with Crippen LogP contribution in [0.1, 0.15) is 17.8 Å². The summed E-state index contributed by atoms with van der Waals surface area (Å²) in [5.41, 5.74) is 1.74. The summed E-state index contributed by atoms with van der Waals surface area (Å²) in [4.78, 5) is 32.3. The molecule has 9 heteroatoms. The first-order chi connectivity index (χ1) is 14.7. The molecule has 4 aromatic rings. The standard InChI is InChI=1S/C21H21N7OS/c1-14-25-17-10-16(2-3-18(17)30-14)26-21(29)15-4-7-27(8-5-15)19-11-20(24-12-23-19)28-9-6-22-13-28/h2-3,6,9-13,15H,4-5,7-8H2,1H3,(H,26,29). The van der Waals surface area contributed by atoms with Crippen molar-refractivity contribution in [3.05, 3.63) is 54.3 Å². The first-order valence-corrected chi connectivity index (χ1v) is 10.7. The molecule has 1 aliphatic heterocycles. The third-order valence-corrected chi connectivity index (χ3v) is 6.31. The zero-order valence-electron chi connectivity index (χ0n) is 16.5. The van der Waals surface area contributed by atoms with E-state index in [1.165, 1.54) is 0 Å². The van der Waals surface area contributed by atoms with Gasteiger partial charge in [0.2, 0.25) is 5.91 Å². The number of amides is 1. The van der Waals surface area contributed by atoms with Gasteiger partial charge in [-0.25, -0.2) is 19.9 Å². The molecule has 4 heterocycles. The Labute approximate surface area is 177 Å². The minimum atomic E-state index is -0.0101. The van der Waals surface area contributed by atoms with Crippen molar-refractivity contribution in [3.63, 3.8) is 0 Å². The predicted molar refractivity (Wildman–Crippen MR) is 117 cm³/mol. The Morgan fingerprint density at radius 3 is 2.80 bits per heavy atom. The highest BCUT2D eigenvalue weighted by Gasteiger charge is 2.26. The Bertz CT molecular complexity index is 1180. The van der Waals surface area contributed by atoms with Gasteiger partial charge < -0.3 is 10.2 Å². The molecule has 1 aliphatic rings. The van der Waals surface area contributed by atoms with Crippen molar-refractivity contribution in [1.29, 1.82) is 0 Å². The van der Waals surface area contributed by atoms with Crippen molar-refractivity contribution in [2.75, 3.05) is 23.3 Å². The van der Waals surface area contributed by atoms with Gasteiger partial charge in [0.25, 0.3) is 0 Å². The maximum absolute atomic E-state index is 12.8. The van der Waals surface area contributed by atoms with Gasteiger partial charge in [0.1, 0.15) is 24.3 Å². The van der Waals surface area contributed by atoms with E-state index in [-0.39, 0.29) is 11.8 Å². The monoisotopic (exact) mass is 419 g/mol. The molecule has 0 bridgehead atoms. The van der Waals surface area contributed by atoms with Crippen LogP contribution in [0.25, 0.3) is 16.0 Å². The highest BCUT2D eigenvalue weighted by molar-refractivity contribution is 7.18. The average molecular weight is 420 g/mol. The molecule has 0 saturated carbocycles. The molecule has 0 radical (unpaired) electrons. The summed E-state index contributed by atoms with van der Waals surface area (Å²) in [7, 11) is 0. The number of aryl methyl sites for hydroxylation is 1. The Balaban J connectivity index is 1.22. The van der Waals surface area contributed by atoms with E-state index in [1.807, 2.05) is 42.0 Å². The van der Waals surface area contributed by atoms with Crippen LogP contribution in [0.2, 0.25) is 0 Å². The summed E-state index contributed by atoms with van der Waals surface area (Å²) in [5.74, 6) is 1.72. The Kier molecular flexibility index (Phi) is 4.88. The summed E-state index contributed by atoms with van der Waals surface area (Å²) in [6, 6.07) is 7.87. The van der Waals surface area contributed by atoms with Gasteiger partial charge in [-0.15, -0.1) is 11.3 Å². The van der Waals surface area contributed by atoms with Gasteiger partial charge in [0.15, 0.2) is 0 Å². The lowest BCUT2D eigenvalue weighted by Gasteiger charge is -2.32. The fraction of sp³-hybridized carbons (Fsp3) is 0.286. The number of hydrogen-bond donors (Lipinski definition) is 1. The number of imidazole rings is 1. The topological polar surface area (TPSA) is 88.8 Å². The molecule has 1 aromatic carbocycles. The second-order valence-electron chi connectivity index (χ2n) is 7.37. The molecule has 0 aliphatic carbocycles. The molecular formula is C21H21N7OS. The van der Waals surface area contributed by atoms with Crippen molar-refractivity contribution < 1.29 is 4.79 Å². The zero-order valence-corrected chi connectivity index (χ0v) is 17.3. The lowest BCUT2D eigenvalue weighted by Crippen LogP contribution is -2.38. The number of aromatic nitrogens is 5. The van der Waals surface area contributed by atoms with Crippen LogP contribution in [-0.4, -0.2) is 43.5 Å². The van der Waals surface area contributed by atoms with Crippen LogP contribution in [0.5, 0.6) is 0 Å². The Morgan fingerprint density at radius 2 is 2.00 bits per heavy atom. The number of thiazole rings is 1. The lowest BCUT2D eigenvalue weighted by molar-refractivity contribution is -0.120. The maximum Gasteiger partial charge on any atom is 0.227 e. The number of carbonyl (C=O) groups excluding carboxylic acids is 1. The summed E-state index contributed by atoms with van der Waals surface area (Å²) in [5, 5.41) is 4.10. The highest BCUT2D eigenvalue weighted by atomic mass is 32.1. The van der Waals surface area contributed by atoms with Crippen LogP contribution in [0.3, 0.4) is 0 Å². The number of carbonyl (C=O) groups is 1. The number of hydrogen-bond acceptors (Lipinski definition) is 7. The van der Waals surface area contributed by atoms with E-state index in [0.717, 1.165) is 58.5 Å². The molecule has 152 valence electrons. The molecule has 1 amide bonds. The third kappa shape index (κ3) is 3.76. The van der Waals surface area contributed by atoms with Gasteiger partial charge in [0.05, 0.1) is 15.2 Å². The number of anilines is 2. The average Bonchev–Trinajstić information content (AvgIpc) is 3.43. The van der Waals surface area contributed by atoms with Gasteiger partial charge in [-0.2, -0.15) is 0 Å². The molecule has 1 fully saturated rings. The van der Waals surface area contributed by atoms with Crippen molar-refractivity contribution in [2.24, 2.45) is 5.92 Å². The first-order valence-electron chi connectivity index (χ1n) is 9.89. The maximum atomic E-state index is 12.8. The van der Waals surface area contributed by atoms with Gasteiger partial charge in [-0.05, 0) is 38.0 Å². The fourth-order valence-corrected chi connectivity index (χ4v) is 4.59. The van der Waals surface area contributed by atoms with E-state index in [2.05, 4.69) is 30.2 Å². The van der Waals surface area contributed by atoms with E-state index in [0.29, 0.717) is 0 Å². The van der Waals surface area contributed by atoms with E-state index < -0.39 is 0 Å². The molecular weight excluding hydrogens is 398 g/mol. The fourth-order valence-electron chi connectivity index (χ4n) is 3.78. The zero-order chi connectivity index (χ0) is 20.5. The van der Waals surface area contributed by atoms with Crippen molar-refractivity contribution in [2.45, 2.75) is 19.8 Å². The van der Waals surface area contributed by atoms with Gasteiger partial charge in [-0.1, -0.05) is 0 Å². The Morgan fingerprint density at radius 1 is 1.17 bits per heavy atom. The smallest absolute Gasteiger partial charge is 0.227 e. The molecule has 0 atom stereocenters. The molecule has 3 aromatic heterocycles. The minimum absolute atomic E-state index is 0.0101. The van der Waals surface area contributed by atoms with Crippen LogP contribution in [-0.2, 0) is 4.79 Å². The second kappa shape index (κ2) is 7.83. The molecule has 0 spiro atoms. The van der Waals surface area contributed by atoms with Crippen LogP contribution < -0.4 is 10.2 Å². The number of fused-ring (bicyclic) bond motifs is 1. The highest BCUT2D eigenvalue weighted by Crippen LogP contribution is 2.27. The number of nitrogens with one attached hydrogen (secondary N) is 1. The molecule has 5 rings (SSSR count). The number of rotatable bonds is 4. The molecule has 8 nitrogen and oxygen atoms in total. The molecule has 1 saturated heterocycles. The van der Waals surface area contributed by atoms with Gasteiger partial charge in [0, 0.05) is 43.2 Å². The van der Waals surface area contributed by atoms with Crippen LogP contribution in [0.15, 0.2) is 49.3 Å². The largest absolute Gasteiger partial charge is 0.356 e. The van der Waals surface area contributed by atoms with Crippen molar-refractivity contribution in [1.82, 2.24) is 24.5 Å². The van der Waals surface area contributed by atoms with Crippen molar-refractivity contribution >= 4 is 39.0 Å². The summed E-state index contributed by atoms with van der Waals surface area (Å²) >= 11 is 1.66. The van der Waals surface area contributed by atoms with E-state index in [1.54, 1.807) is 30.2 Å². The number of nitrogens with zero attached hydrogens (tertiary/aromatic N) is 6. The third-order valence-electron chi connectivity index (χ3n) is 5.36. The van der Waals surface area contributed by atoms with E-state index >= 15 is 0 Å². The van der Waals surface area contributed by atoms with Gasteiger partial charge >= 0.3 is 0 Å². The van der Waals surface area contributed by atoms with E-state index in [4.69, 9.17) is 0 Å². The van der Waals surface area contributed by atoms with Crippen LogP contribution >= 0.6 is 11.3 Å². The molecule has 1 N–H and O–H groups in total. The van der Waals surface area contributed by atoms with E-state index in [9.17, 15) is 4.79 Å². The molecule has 30 heavy (non-hydrogen) atoms. The minimum Gasteiger partial charge on any atom is -0.356 e.